The molecule has 48 heavy (non-hydrogen) atoms. The van der Waals surface area contributed by atoms with Crippen LogP contribution in [-0.2, 0) is 9.59 Å². The fourth-order valence-electron chi connectivity index (χ4n) is 4.61. The second kappa shape index (κ2) is 14.4. The van der Waals surface area contributed by atoms with Crippen molar-refractivity contribution in [1.82, 2.24) is 30.4 Å². The van der Waals surface area contributed by atoms with Gasteiger partial charge in [-0.05, 0) is 36.4 Å². The van der Waals surface area contributed by atoms with Crippen LogP contribution in [0.1, 0.15) is 13.8 Å². The van der Waals surface area contributed by atoms with Crippen LogP contribution in [0.25, 0.3) is 45.0 Å². The lowest BCUT2D eigenvalue weighted by Gasteiger charge is -2.11. The Morgan fingerprint density at radius 3 is 1.25 bits per heavy atom. The molecular weight excluding hydrogens is 612 g/mol. The summed E-state index contributed by atoms with van der Waals surface area (Å²) in [6.07, 6.45) is 0. The number of hydrogen-bond acceptors (Lipinski definition) is 12. The maximum absolute atomic E-state index is 11.3. The molecule has 0 saturated heterocycles. The molecule has 0 unspecified atom stereocenters. The van der Waals surface area contributed by atoms with Crippen molar-refractivity contribution in [3.8, 4) is 56.5 Å². The van der Waals surface area contributed by atoms with Gasteiger partial charge in [0.2, 0.25) is 23.7 Å². The third-order valence-electron chi connectivity index (χ3n) is 6.66. The van der Waals surface area contributed by atoms with Crippen LogP contribution in [0.2, 0.25) is 0 Å². The first kappa shape index (κ1) is 32.4. The number of nitrogens with zero attached hydrogens (tertiary/aromatic N) is 6. The van der Waals surface area contributed by atoms with E-state index in [9.17, 15) is 19.8 Å². The van der Waals surface area contributed by atoms with E-state index in [1.807, 2.05) is 60.7 Å². The maximum Gasteiger partial charge on any atom is 0.240 e. The van der Waals surface area contributed by atoms with Gasteiger partial charge in [-0.1, -0.05) is 60.7 Å². The highest BCUT2D eigenvalue weighted by Crippen LogP contribution is 2.35. The van der Waals surface area contributed by atoms with E-state index in [1.165, 1.54) is 26.0 Å². The van der Waals surface area contributed by atoms with Crippen LogP contribution in [0.3, 0.4) is 0 Å². The number of anilines is 4. The SMILES string of the molecule is CC(=O)Nc1cc(-c2nnc(N)nc2-c2ccccc2)ccc1O.CC(=O)Nc1cc(-c2nnc(N)nc2-c2ccccc2)ccc1O. The molecular formula is C34H30N10O4. The van der Waals surface area contributed by atoms with E-state index in [0.29, 0.717) is 33.9 Å². The normalized spacial score (nSPS) is 10.4. The number of carbonyl (C=O) groups excluding carboxylic acids is 2. The van der Waals surface area contributed by atoms with Crippen molar-refractivity contribution in [2.75, 3.05) is 22.1 Å². The first-order chi connectivity index (χ1) is 23.1. The highest BCUT2D eigenvalue weighted by atomic mass is 16.3. The van der Waals surface area contributed by atoms with Gasteiger partial charge in [0, 0.05) is 36.1 Å². The first-order valence-corrected chi connectivity index (χ1v) is 14.4. The largest absolute Gasteiger partial charge is 0.506 e. The number of nitrogen functional groups attached to an aromatic ring is 2. The van der Waals surface area contributed by atoms with Gasteiger partial charge in [-0.25, -0.2) is 9.97 Å². The van der Waals surface area contributed by atoms with Gasteiger partial charge in [-0.2, -0.15) is 0 Å². The molecule has 0 radical (unpaired) electrons. The standard InChI is InChI=1S/2C17H15N5O2/c2*1-10(23)19-13-9-12(7-8-14(13)24)16-15(20-17(18)22-21-16)11-5-3-2-4-6-11/h2*2-9,24H,1H3,(H,19,23)(H2,18,20,22). The van der Waals surface area contributed by atoms with Crippen molar-refractivity contribution < 1.29 is 19.8 Å². The molecule has 2 aromatic heterocycles. The van der Waals surface area contributed by atoms with Crippen LogP contribution in [0.15, 0.2) is 97.1 Å². The summed E-state index contributed by atoms with van der Waals surface area (Å²) in [5.74, 6) is -0.505. The minimum atomic E-state index is -0.285. The van der Waals surface area contributed by atoms with Gasteiger partial charge < -0.3 is 32.3 Å². The van der Waals surface area contributed by atoms with Crippen LogP contribution in [-0.4, -0.2) is 52.4 Å². The Morgan fingerprint density at radius 2 is 0.896 bits per heavy atom. The Morgan fingerprint density at radius 1 is 0.521 bits per heavy atom. The van der Waals surface area contributed by atoms with Crippen LogP contribution >= 0.6 is 0 Å². The number of carbonyl (C=O) groups is 2. The molecule has 2 amide bonds. The van der Waals surface area contributed by atoms with Crippen molar-refractivity contribution in [2.45, 2.75) is 13.8 Å². The van der Waals surface area contributed by atoms with Crippen molar-refractivity contribution in [3.63, 3.8) is 0 Å². The molecule has 240 valence electrons. The third-order valence-corrected chi connectivity index (χ3v) is 6.66. The number of nitrogens with one attached hydrogen (secondary N) is 2. The van der Waals surface area contributed by atoms with E-state index in [4.69, 9.17) is 11.5 Å². The zero-order chi connectivity index (χ0) is 34.2. The predicted octanol–water partition coefficient (Wildman–Crippen LogP) is 4.90. The monoisotopic (exact) mass is 642 g/mol. The molecule has 0 aliphatic carbocycles. The van der Waals surface area contributed by atoms with Crippen molar-refractivity contribution in [1.29, 1.82) is 0 Å². The van der Waals surface area contributed by atoms with Gasteiger partial charge in [-0.15, -0.1) is 20.4 Å². The average Bonchev–Trinajstić information content (AvgIpc) is 3.07. The summed E-state index contributed by atoms with van der Waals surface area (Å²) in [4.78, 5) is 31.1. The number of phenolic OH excluding ortho intramolecular Hbond substituents is 2. The fourth-order valence-corrected chi connectivity index (χ4v) is 4.61. The maximum atomic E-state index is 11.3. The second-order valence-electron chi connectivity index (χ2n) is 10.3. The Bertz CT molecular complexity index is 1940. The number of benzene rings is 4. The van der Waals surface area contributed by atoms with Gasteiger partial charge in [0.15, 0.2) is 0 Å². The average molecular weight is 643 g/mol. The van der Waals surface area contributed by atoms with E-state index in [-0.39, 0.29) is 46.6 Å². The number of aromatic hydroxyl groups is 2. The molecule has 0 bridgehead atoms. The first-order valence-electron chi connectivity index (χ1n) is 14.4. The molecule has 0 spiro atoms. The summed E-state index contributed by atoms with van der Waals surface area (Å²) in [6.45, 7) is 2.73. The third kappa shape index (κ3) is 7.81. The molecule has 0 saturated carbocycles. The van der Waals surface area contributed by atoms with Gasteiger partial charge in [0.25, 0.3) is 0 Å². The van der Waals surface area contributed by atoms with Crippen molar-refractivity contribution in [3.05, 3.63) is 97.1 Å². The number of amides is 2. The van der Waals surface area contributed by atoms with E-state index >= 15 is 0 Å². The second-order valence-corrected chi connectivity index (χ2v) is 10.3. The molecule has 14 heteroatoms. The topological polar surface area (TPSA) is 228 Å². The van der Waals surface area contributed by atoms with Crippen LogP contribution < -0.4 is 22.1 Å². The lowest BCUT2D eigenvalue weighted by molar-refractivity contribution is -0.115. The number of hydrogen-bond donors (Lipinski definition) is 6. The quantitative estimate of drug-likeness (QED) is 0.133. The number of nitrogens with two attached hydrogens (primary N) is 2. The van der Waals surface area contributed by atoms with Gasteiger partial charge in [-0.3, -0.25) is 9.59 Å². The van der Waals surface area contributed by atoms with Crippen molar-refractivity contribution >= 4 is 35.1 Å². The molecule has 2 heterocycles. The molecule has 0 atom stereocenters. The highest BCUT2D eigenvalue weighted by Gasteiger charge is 2.16. The molecule has 0 fully saturated rings. The lowest BCUT2D eigenvalue weighted by atomic mass is 10.0. The zero-order valence-electron chi connectivity index (χ0n) is 25.8. The van der Waals surface area contributed by atoms with E-state index < -0.39 is 0 Å². The van der Waals surface area contributed by atoms with E-state index in [2.05, 4.69) is 41.0 Å². The molecule has 6 rings (SSSR count). The molecule has 4 aromatic carbocycles. The summed E-state index contributed by atoms with van der Waals surface area (Å²) in [5.41, 5.74) is 17.1. The molecule has 0 aliphatic heterocycles. The minimum Gasteiger partial charge on any atom is -0.506 e. The summed E-state index contributed by atoms with van der Waals surface area (Å²) in [5, 5.41) is 40.8. The fraction of sp³-hybridized carbons (Fsp3) is 0.0588. The number of rotatable bonds is 6. The van der Waals surface area contributed by atoms with Gasteiger partial charge in [0.1, 0.15) is 34.3 Å². The summed E-state index contributed by atoms with van der Waals surface area (Å²) in [6, 6.07) is 28.4. The summed E-state index contributed by atoms with van der Waals surface area (Å²) in [7, 11) is 0. The smallest absolute Gasteiger partial charge is 0.240 e. The molecule has 14 nitrogen and oxygen atoms in total. The van der Waals surface area contributed by atoms with Gasteiger partial charge >= 0.3 is 0 Å². The number of phenols is 2. The summed E-state index contributed by atoms with van der Waals surface area (Å²) >= 11 is 0. The Balaban J connectivity index is 0.000000188. The molecule has 8 N–H and O–H groups in total. The Kier molecular flexibility index (Phi) is 9.75. The lowest BCUT2D eigenvalue weighted by Crippen LogP contribution is -2.06. The summed E-state index contributed by atoms with van der Waals surface area (Å²) < 4.78 is 0. The Hall–Kier alpha value is -6.96. The van der Waals surface area contributed by atoms with E-state index in [0.717, 1.165) is 11.1 Å². The van der Waals surface area contributed by atoms with Crippen LogP contribution in [0.4, 0.5) is 23.3 Å². The molecule has 0 aliphatic rings. The zero-order valence-corrected chi connectivity index (χ0v) is 25.8. The molecule has 6 aromatic rings. The van der Waals surface area contributed by atoms with Crippen LogP contribution in [0, 0.1) is 0 Å². The van der Waals surface area contributed by atoms with Crippen molar-refractivity contribution in [2.24, 2.45) is 0 Å². The minimum absolute atomic E-state index is 0.0356. The Labute approximate surface area is 274 Å². The number of aromatic nitrogens is 6. The van der Waals surface area contributed by atoms with Crippen LogP contribution in [0.5, 0.6) is 11.5 Å². The highest BCUT2D eigenvalue weighted by molar-refractivity contribution is 5.93. The van der Waals surface area contributed by atoms with E-state index in [1.54, 1.807) is 24.3 Å². The van der Waals surface area contributed by atoms with Gasteiger partial charge in [0.05, 0.1) is 11.4 Å². The predicted molar refractivity (Wildman–Crippen MR) is 182 cm³/mol.